The fourth-order valence-corrected chi connectivity index (χ4v) is 7.83. The van der Waals surface area contributed by atoms with Crippen LogP contribution < -0.4 is 5.32 Å². The van der Waals surface area contributed by atoms with Crippen LogP contribution >= 0.6 is 0 Å². The molecule has 0 bridgehead atoms. The summed E-state index contributed by atoms with van der Waals surface area (Å²) in [6.07, 6.45) is 5.22. The highest BCUT2D eigenvalue weighted by molar-refractivity contribution is 5.84. The van der Waals surface area contributed by atoms with Crippen LogP contribution in [0.3, 0.4) is 0 Å². The van der Waals surface area contributed by atoms with Gasteiger partial charge < -0.3 is 35.3 Å². The maximum atomic E-state index is 13.2. The van der Waals surface area contributed by atoms with E-state index in [1.807, 2.05) is 46.2 Å². The summed E-state index contributed by atoms with van der Waals surface area (Å²) in [4.78, 5) is 46.9. The number of aromatic amines is 2. The molecule has 0 spiro atoms. The average Bonchev–Trinajstić information content (AvgIpc) is 3.90. The summed E-state index contributed by atoms with van der Waals surface area (Å²) in [5.41, 5.74) is 5.17. The minimum Gasteiger partial charge on any atom is -0.393 e. The van der Waals surface area contributed by atoms with Gasteiger partial charge >= 0.3 is 0 Å². The second-order valence-electron chi connectivity index (χ2n) is 13.4. The first-order valence-corrected chi connectivity index (χ1v) is 16.6. The minimum absolute atomic E-state index is 0.0336. The highest BCUT2D eigenvalue weighted by Crippen LogP contribution is 2.36. The largest absolute Gasteiger partial charge is 0.393 e. The number of carbonyl (C=O) groups excluding carboxylic acids is 2. The molecule has 11 nitrogen and oxygen atoms in total. The third kappa shape index (κ3) is 5.44. The molecule has 11 heteroatoms. The van der Waals surface area contributed by atoms with Crippen molar-refractivity contribution in [2.45, 2.75) is 81.7 Å². The van der Waals surface area contributed by atoms with Gasteiger partial charge in [0.2, 0.25) is 11.8 Å². The molecule has 4 fully saturated rings. The van der Waals surface area contributed by atoms with Crippen LogP contribution in [0.15, 0.2) is 36.4 Å². The topological polar surface area (TPSA) is 150 Å². The van der Waals surface area contributed by atoms with E-state index in [9.17, 15) is 19.8 Å². The molecule has 4 aliphatic rings. The summed E-state index contributed by atoms with van der Waals surface area (Å²) in [6, 6.07) is 11.3. The summed E-state index contributed by atoms with van der Waals surface area (Å²) in [5.74, 6) is 8.24. The first-order chi connectivity index (χ1) is 22.4. The van der Waals surface area contributed by atoms with Gasteiger partial charge in [0.15, 0.2) is 0 Å². The van der Waals surface area contributed by atoms with E-state index in [-0.39, 0.29) is 42.0 Å². The molecule has 8 rings (SSSR count). The molecule has 2 aromatic heterocycles. The Bertz CT molecular complexity index is 1740. The van der Waals surface area contributed by atoms with Crippen molar-refractivity contribution in [3.63, 3.8) is 0 Å². The van der Waals surface area contributed by atoms with Crippen molar-refractivity contribution >= 4 is 33.9 Å². The van der Waals surface area contributed by atoms with Crippen molar-refractivity contribution in [2.24, 2.45) is 5.92 Å². The van der Waals surface area contributed by atoms with E-state index >= 15 is 0 Å². The van der Waals surface area contributed by atoms with Crippen molar-refractivity contribution in [2.75, 3.05) is 19.6 Å². The number of aliphatic hydroxyl groups is 2. The number of aromatic nitrogens is 4. The van der Waals surface area contributed by atoms with Crippen LogP contribution in [0.2, 0.25) is 0 Å². The van der Waals surface area contributed by atoms with Gasteiger partial charge in [0.05, 0.1) is 52.4 Å². The number of amides is 2. The summed E-state index contributed by atoms with van der Waals surface area (Å²) in [7, 11) is 0. The van der Waals surface area contributed by atoms with E-state index in [4.69, 9.17) is 9.97 Å². The molecular weight excluding hydrogens is 582 g/mol. The molecule has 3 saturated heterocycles. The van der Waals surface area contributed by atoms with E-state index in [2.05, 4.69) is 27.1 Å². The molecule has 5 N–H and O–H groups in total. The summed E-state index contributed by atoms with van der Waals surface area (Å²) in [5, 5.41) is 23.0. The molecule has 0 unspecified atom stereocenters. The molecule has 1 saturated carbocycles. The number of fused-ring (bicyclic) bond motifs is 2. The number of rotatable bonds is 4. The Hall–Kier alpha value is -4.24. The van der Waals surface area contributed by atoms with Gasteiger partial charge in [-0.3, -0.25) is 9.59 Å². The number of nitrogens with one attached hydrogen (secondary N) is 3. The molecular formula is C35H39N7O4. The number of likely N-dealkylation sites (tertiary alicyclic amines) is 2. The quantitative estimate of drug-likeness (QED) is 0.220. The van der Waals surface area contributed by atoms with E-state index in [1.165, 1.54) is 0 Å². The fourth-order valence-electron chi connectivity index (χ4n) is 7.83. The maximum Gasteiger partial charge on any atom is 0.240 e. The molecule has 0 radical (unpaired) electrons. The number of benzene rings is 2. The lowest BCUT2D eigenvalue weighted by Gasteiger charge is -2.26. The number of nitrogens with zero attached hydrogens (tertiary/aromatic N) is 4. The fraction of sp³-hybridized carbons (Fsp3) is 0.486. The van der Waals surface area contributed by atoms with Gasteiger partial charge in [-0.25, -0.2) is 9.97 Å². The zero-order valence-electron chi connectivity index (χ0n) is 25.7. The summed E-state index contributed by atoms with van der Waals surface area (Å²) in [6.45, 7) is 1.87. The Morgan fingerprint density at radius 1 is 0.739 bits per heavy atom. The third-order valence-electron chi connectivity index (χ3n) is 10.2. The predicted molar refractivity (Wildman–Crippen MR) is 171 cm³/mol. The second kappa shape index (κ2) is 11.8. The normalized spacial score (nSPS) is 28.0. The number of aliphatic hydroxyl groups excluding tert-OH is 2. The predicted octanol–water partition coefficient (Wildman–Crippen LogP) is 3.05. The Morgan fingerprint density at radius 3 is 1.85 bits per heavy atom. The molecule has 3 aliphatic heterocycles. The zero-order valence-corrected chi connectivity index (χ0v) is 25.7. The van der Waals surface area contributed by atoms with E-state index < -0.39 is 6.10 Å². The van der Waals surface area contributed by atoms with Crippen LogP contribution in [0.5, 0.6) is 0 Å². The van der Waals surface area contributed by atoms with Gasteiger partial charge in [-0.05, 0) is 87.8 Å². The Balaban J connectivity index is 0.981. The zero-order chi connectivity index (χ0) is 31.4. The van der Waals surface area contributed by atoms with Gasteiger partial charge in [0.1, 0.15) is 11.6 Å². The number of carbonyl (C=O) groups is 2. The van der Waals surface area contributed by atoms with Gasteiger partial charge in [-0.15, -0.1) is 0 Å². The van der Waals surface area contributed by atoms with Crippen LogP contribution in [0.25, 0.3) is 22.1 Å². The smallest absolute Gasteiger partial charge is 0.240 e. The molecule has 5 heterocycles. The maximum absolute atomic E-state index is 13.2. The molecule has 1 aliphatic carbocycles. The lowest BCUT2D eigenvalue weighted by molar-refractivity contribution is -0.136. The van der Waals surface area contributed by atoms with Crippen LogP contribution in [-0.4, -0.2) is 89.6 Å². The molecule has 6 atom stereocenters. The summed E-state index contributed by atoms with van der Waals surface area (Å²) < 4.78 is 0. The van der Waals surface area contributed by atoms with Crippen molar-refractivity contribution in [3.05, 3.63) is 59.2 Å². The third-order valence-corrected chi connectivity index (χ3v) is 10.2. The van der Waals surface area contributed by atoms with Crippen molar-refractivity contribution < 1.29 is 19.8 Å². The SMILES string of the molecule is O=C([C@@H]1CC[C@H](O)C1)N1CCC[C@H]1c1nc2ccc(C#Cc3ccc4nc([C@@H]5CCCN5C(=O)[C@H]5C[C@@H](O)CN5)[nH]c4c3)cc2[nH]1. The average molecular weight is 622 g/mol. The van der Waals surface area contributed by atoms with E-state index in [0.717, 1.165) is 83.5 Å². The lowest BCUT2D eigenvalue weighted by atomic mass is 10.1. The van der Waals surface area contributed by atoms with E-state index in [0.29, 0.717) is 32.4 Å². The van der Waals surface area contributed by atoms with Crippen molar-refractivity contribution in [1.29, 1.82) is 0 Å². The molecule has 46 heavy (non-hydrogen) atoms. The minimum atomic E-state index is -0.474. The van der Waals surface area contributed by atoms with Crippen LogP contribution in [0.1, 0.15) is 86.2 Å². The van der Waals surface area contributed by atoms with Gasteiger partial charge in [0.25, 0.3) is 0 Å². The molecule has 238 valence electrons. The number of H-pyrrole nitrogens is 2. The number of hydrogen-bond donors (Lipinski definition) is 5. The summed E-state index contributed by atoms with van der Waals surface area (Å²) >= 11 is 0. The monoisotopic (exact) mass is 621 g/mol. The van der Waals surface area contributed by atoms with Crippen LogP contribution in [0, 0.1) is 17.8 Å². The Kier molecular flexibility index (Phi) is 7.51. The lowest BCUT2D eigenvalue weighted by Crippen LogP contribution is -2.43. The standard InChI is InChI=1S/C35H39N7O4/c43-23-10-9-22(17-23)34(45)41-13-1-3-30(41)32-37-25-11-7-20(15-27(25)39-32)5-6-21-8-12-26-28(16-21)40-33(38-26)31-4-2-14-42(31)35(46)29-18-24(44)19-36-29/h7-8,11-12,15-16,22-24,29-31,36,43-44H,1-4,9-10,13-14,17-19H2,(H,37,39)(H,38,40)/t22-,23+,24-,29-,30+,31+/m1/s1. The van der Waals surface area contributed by atoms with Crippen molar-refractivity contribution in [1.82, 2.24) is 35.1 Å². The highest BCUT2D eigenvalue weighted by Gasteiger charge is 2.39. The molecule has 2 amide bonds. The highest BCUT2D eigenvalue weighted by atomic mass is 16.3. The Morgan fingerprint density at radius 2 is 1.33 bits per heavy atom. The van der Waals surface area contributed by atoms with Crippen LogP contribution in [-0.2, 0) is 9.59 Å². The first kappa shape index (κ1) is 29.2. The van der Waals surface area contributed by atoms with Gasteiger partial charge in [-0.2, -0.15) is 0 Å². The van der Waals surface area contributed by atoms with E-state index in [1.54, 1.807) is 0 Å². The number of imidazole rings is 2. The molecule has 4 aromatic rings. The molecule has 2 aromatic carbocycles. The first-order valence-electron chi connectivity index (χ1n) is 16.6. The Labute approximate surface area is 266 Å². The van der Waals surface area contributed by atoms with Crippen LogP contribution in [0.4, 0.5) is 0 Å². The second-order valence-corrected chi connectivity index (χ2v) is 13.4. The van der Waals surface area contributed by atoms with Crippen molar-refractivity contribution in [3.8, 4) is 11.8 Å². The number of hydrogen-bond acceptors (Lipinski definition) is 7. The van der Waals surface area contributed by atoms with Gasteiger partial charge in [-0.1, -0.05) is 11.8 Å². The van der Waals surface area contributed by atoms with Gasteiger partial charge in [0, 0.05) is 36.7 Å². The number of β-amino-alcohol motifs (C(OH)–C–C–N with tert-alkyl or cyclic N) is 1.